The van der Waals surface area contributed by atoms with Gasteiger partial charge in [-0.05, 0) is 12.8 Å². The van der Waals surface area contributed by atoms with Crippen LogP contribution in [0.1, 0.15) is 45.1 Å². The van der Waals surface area contributed by atoms with E-state index >= 15 is 0 Å². The number of anilines is 1. The van der Waals surface area contributed by atoms with E-state index in [0.717, 1.165) is 44.0 Å². The van der Waals surface area contributed by atoms with Crippen LogP contribution < -0.4 is 10.1 Å². The highest BCUT2D eigenvalue weighted by molar-refractivity contribution is 5.50. The minimum absolute atomic E-state index is 0.204. The third kappa shape index (κ3) is 3.56. The Labute approximate surface area is 114 Å². The summed E-state index contributed by atoms with van der Waals surface area (Å²) in [5.74, 6) is 1.92. The summed E-state index contributed by atoms with van der Waals surface area (Å²) in [4.78, 5) is 8.64. The molecular formula is C14H23N3O2. The van der Waals surface area contributed by atoms with Crippen molar-refractivity contribution in [1.82, 2.24) is 9.97 Å². The highest BCUT2D eigenvalue weighted by Crippen LogP contribution is 2.31. The van der Waals surface area contributed by atoms with E-state index in [9.17, 15) is 0 Å². The topological polar surface area (TPSA) is 56.3 Å². The SMILES string of the molecule is CCNc1ncnc(OC2CCOCC2)c1C(C)C. The molecule has 0 spiro atoms. The van der Waals surface area contributed by atoms with E-state index in [1.54, 1.807) is 6.33 Å². The zero-order chi connectivity index (χ0) is 13.7. The minimum atomic E-state index is 0.204. The Morgan fingerprint density at radius 2 is 2.11 bits per heavy atom. The molecule has 106 valence electrons. The summed E-state index contributed by atoms with van der Waals surface area (Å²) in [6.45, 7) is 8.71. The summed E-state index contributed by atoms with van der Waals surface area (Å²) in [7, 11) is 0. The number of nitrogens with one attached hydrogen (secondary N) is 1. The molecule has 0 bridgehead atoms. The summed E-state index contributed by atoms with van der Waals surface area (Å²) < 4.78 is 11.4. The lowest BCUT2D eigenvalue weighted by molar-refractivity contribution is 0.0232. The monoisotopic (exact) mass is 265 g/mol. The lowest BCUT2D eigenvalue weighted by atomic mass is 10.0. The first-order valence-corrected chi connectivity index (χ1v) is 7.05. The van der Waals surface area contributed by atoms with Gasteiger partial charge in [0.15, 0.2) is 0 Å². The first kappa shape index (κ1) is 14.1. The zero-order valence-corrected chi connectivity index (χ0v) is 12.0. The maximum absolute atomic E-state index is 6.06. The molecule has 5 heteroatoms. The fourth-order valence-electron chi connectivity index (χ4n) is 2.25. The summed E-state index contributed by atoms with van der Waals surface area (Å²) in [5, 5.41) is 3.28. The highest BCUT2D eigenvalue weighted by Gasteiger charge is 2.21. The Morgan fingerprint density at radius 1 is 1.37 bits per heavy atom. The smallest absolute Gasteiger partial charge is 0.222 e. The normalized spacial score (nSPS) is 16.6. The number of aromatic nitrogens is 2. The van der Waals surface area contributed by atoms with Gasteiger partial charge >= 0.3 is 0 Å². The van der Waals surface area contributed by atoms with Crippen LogP contribution in [0.25, 0.3) is 0 Å². The van der Waals surface area contributed by atoms with E-state index in [1.807, 2.05) is 0 Å². The number of rotatable bonds is 5. The molecule has 1 saturated heterocycles. The second-order valence-electron chi connectivity index (χ2n) is 5.06. The average molecular weight is 265 g/mol. The van der Waals surface area contributed by atoms with Crippen LogP contribution in [0.4, 0.5) is 5.82 Å². The van der Waals surface area contributed by atoms with Crippen molar-refractivity contribution >= 4 is 5.82 Å². The standard InChI is InChI=1S/C14H23N3O2/c1-4-15-13-12(10(2)3)14(17-9-16-13)19-11-5-7-18-8-6-11/h9-11H,4-8H2,1-3H3,(H,15,16,17). The largest absolute Gasteiger partial charge is 0.474 e. The molecule has 2 rings (SSSR count). The molecule has 0 aliphatic carbocycles. The van der Waals surface area contributed by atoms with Crippen LogP contribution in [0.15, 0.2) is 6.33 Å². The van der Waals surface area contributed by atoms with Gasteiger partial charge in [-0.1, -0.05) is 13.8 Å². The van der Waals surface area contributed by atoms with Gasteiger partial charge in [-0.25, -0.2) is 9.97 Å². The predicted octanol–water partition coefficient (Wildman–Crippen LogP) is 2.59. The number of nitrogens with zero attached hydrogens (tertiary/aromatic N) is 2. The zero-order valence-electron chi connectivity index (χ0n) is 12.0. The van der Waals surface area contributed by atoms with Gasteiger partial charge in [0, 0.05) is 19.4 Å². The molecule has 1 aliphatic rings. The van der Waals surface area contributed by atoms with Crippen LogP contribution in [-0.4, -0.2) is 35.8 Å². The molecule has 1 aromatic rings. The van der Waals surface area contributed by atoms with Crippen molar-refractivity contribution in [2.45, 2.75) is 45.6 Å². The van der Waals surface area contributed by atoms with E-state index in [2.05, 4.69) is 36.1 Å². The van der Waals surface area contributed by atoms with Gasteiger partial charge in [-0.15, -0.1) is 0 Å². The van der Waals surface area contributed by atoms with Crippen molar-refractivity contribution in [1.29, 1.82) is 0 Å². The molecule has 1 fully saturated rings. The van der Waals surface area contributed by atoms with Crippen molar-refractivity contribution in [2.24, 2.45) is 0 Å². The van der Waals surface area contributed by atoms with E-state index in [0.29, 0.717) is 11.8 Å². The van der Waals surface area contributed by atoms with Crippen molar-refractivity contribution < 1.29 is 9.47 Å². The van der Waals surface area contributed by atoms with Crippen molar-refractivity contribution in [2.75, 3.05) is 25.1 Å². The molecule has 0 unspecified atom stereocenters. The Balaban J connectivity index is 2.20. The molecule has 5 nitrogen and oxygen atoms in total. The van der Waals surface area contributed by atoms with E-state index < -0.39 is 0 Å². The highest BCUT2D eigenvalue weighted by atomic mass is 16.5. The molecule has 19 heavy (non-hydrogen) atoms. The summed E-state index contributed by atoms with van der Waals surface area (Å²) >= 11 is 0. The Hall–Kier alpha value is -1.36. The fourth-order valence-corrected chi connectivity index (χ4v) is 2.25. The summed E-state index contributed by atoms with van der Waals surface area (Å²) in [6.07, 6.45) is 3.63. The quantitative estimate of drug-likeness (QED) is 0.886. The predicted molar refractivity (Wildman–Crippen MR) is 74.8 cm³/mol. The van der Waals surface area contributed by atoms with Gasteiger partial charge in [0.2, 0.25) is 5.88 Å². The van der Waals surface area contributed by atoms with Crippen molar-refractivity contribution in [3.8, 4) is 5.88 Å². The van der Waals surface area contributed by atoms with Gasteiger partial charge in [-0.2, -0.15) is 0 Å². The van der Waals surface area contributed by atoms with Gasteiger partial charge < -0.3 is 14.8 Å². The molecule has 0 atom stereocenters. The van der Waals surface area contributed by atoms with Crippen molar-refractivity contribution in [3.05, 3.63) is 11.9 Å². The van der Waals surface area contributed by atoms with Crippen LogP contribution in [0.3, 0.4) is 0 Å². The molecule has 1 aromatic heterocycles. The van der Waals surface area contributed by atoms with E-state index in [1.165, 1.54) is 0 Å². The van der Waals surface area contributed by atoms with Crippen LogP contribution in [0.5, 0.6) is 5.88 Å². The molecule has 0 saturated carbocycles. The lowest BCUT2D eigenvalue weighted by Gasteiger charge is -2.25. The Bertz CT molecular complexity index is 404. The molecule has 0 amide bonds. The molecule has 0 aromatic carbocycles. The summed E-state index contributed by atoms with van der Waals surface area (Å²) in [5.41, 5.74) is 1.07. The second-order valence-corrected chi connectivity index (χ2v) is 5.06. The number of ether oxygens (including phenoxy) is 2. The molecule has 1 N–H and O–H groups in total. The summed E-state index contributed by atoms with van der Waals surface area (Å²) in [6, 6.07) is 0. The first-order valence-electron chi connectivity index (χ1n) is 7.05. The third-order valence-corrected chi connectivity index (χ3v) is 3.22. The number of hydrogen-bond donors (Lipinski definition) is 1. The maximum Gasteiger partial charge on any atom is 0.222 e. The Morgan fingerprint density at radius 3 is 2.74 bits per heavy atom. The van der Waals surface area contributed by atoms with Crippen LogP contribution >= 0.6 is 0 Å². The van der Waals surface area contributed by atoms with E-state index in [4.69, 9.17) is 9.47 Å². The first-order chi connectivity index (χ1) is 9.22. The molecule has 1 aliphatic heterocycles. The van der Waals surface area contributed by atoms with Gasteiger partial charge in [0.05, 0.1) is 18.8 Å². The molecule has 0 radical (unpaired) electrons. The maximum atomic E-state index is 6.06. The Kier molecular flexibility index (Phi) is 4.96. The molecular weight excluding hydrogens is 242 g/mol. The average Bonchev–Trinajstić information content (AvgIpc) is 2.40. The lowest BCUT2D eigenvalue weighted by Crippen LogP contribution is -2.27. The van der Waals surface area contributed by atoms with Gasteiger partial charge in [0.25, 0.3) is 0 Å². The van der Waals surface area contributed by atoms with Crippen LogP contribution in [0.2, 0.25) is 0 Å². The second kappa shape index (κ2) is 6.70. The van der Waals surface area contributed by atoms with Crippen LogP contribution in [0, 0.1) is 0 Å². The van der Waals surface area contributed by atoms with Gasteiger partial charge in [0.1, 0.15) is 18.2 Å². The van der Waals surface area contributed by atoms with E-state index in [-0.39, 0.29) is 6.10 Å². The van der Waals surface area contributed by atoms with Crippen LogP contribution in [-0.2, 0) is 4.74 Å². The minimum Gasteiger partial charge on any atom is -0.474 e. The van der Waals surface area contributed by atoms with Crippen molar-refractivity contribution in [3.63, 3.8) is 0 Å². The van der Waals surface area contributed by atoms with Gasteiger partial charge in [-0.3, -0.25) is 0 Å². The number of hydrogen-bond acceptors (Lipinski definition) is 5. The fraction of sp³-hybridized carbons (Fsp3) is 0.714. The third-order valence-electron chi connectivity index (χ3n) is 3.22. The molecule has 2 heterocycles.